The quantitative estimate of drug-likeness (QED) is 0.443. The number of aromatic nitrogens is 2. The molecule has 2 aromatic heterocycles. The predicted octanol–water partition coefficient (Wildman–Crippen LogP) is 5.12. The monoisotopic (exact) mass is 421 g/mol. The number of carbonyl (C=O) groups excluding carboxylic acids is 1. The average molecular weight is 422 g/mol. The van der Waals surface area contributed by atoms with E-state index in [0.717, 1.165) is 12.0 Å². The Morgan fingerprint density at radius 3 is 2.89 bits per heavy atom. The van der Waals surface area contributed by atoms with Gasteiger partial charge in [-0.05, 0) is 49.4 Å². The molecule has 1 atom stereocenters. The molecule has 0 radical (unpaired) electrons. The Balaban J connectivity index is 1.81. The van der Waals surface area contributed by atoms with Crippen molar-refractivity contribution >= 4 is 56.5 Å². The SMILES string of the molecule is CC[C@@H](C)n1c(SCC(=O)Nc2ccc(C)cc2Cl)nc2ccsc2c1=O. The number of benzene rings is 1. The third kappa shape index (κ3) is 4.36. The van der Waals surface area contributed by atoms with Gasteiger partial charge in [0, 0.05) is 6.04 Å². The highest BCUT2D eigenvalue weighted by atomic mass is 35.5. The second kappa shape index (κ2) is 8.46. The van der Waals surface area contributed by atoms with Gasteiger partial charge in [0.2, 0.25) is 5.91 Å². The fourth-order valence-electron chi connectivity index (χ4n) is 2.61. The van der Waals surface area contributed by atoms with Crippen molar-refractivity contribution in [3.05, 3.63) is 50.6 Å². The summed E-state index contributed by atoms with van der Waals surface area (Å²) in [7, 11) is 0. The van der Waals surface area contributed by atoms with Crippen molar-refractivity contribution in [2.45, 2.75) is 38.4 Å². The molecule has 0 aliphatic heterocycles. The minimum Gasteiger partial charge on any atom is -0.324 e. The third-order valence-corrected chi connectivity index (χ3v) is 6.40. The summed E-state index contributed by atoms with van der Waals surface area (Å²) in [6, 6.07) is 7.32. The fourth-order valence-corrected chi connectivity index (χ4v) is 4.56. The highest BCUT2D eigenvalue weighted by Gasteiger charge is 2.17. The minimum atomic E-state index is -0.193. The van der Waals surface area contributed by atoms with Gasteiger partial charge in [0.15, 0.2) is 5.16 Å². The molecule has 1 N–H and O–H groups in total. The maximum absolute atomic E-state index is 12.8. The van der Waals surface area contributed by atoms with Crippen LogP contribution in [0, 0.1) is 6.92 Å². The summed E-state index contributed by atoms with van der Waals surface area (Å²) in [6.45, 7) is 5.95. The number of rotatable bonds is 6. The highest BCUT2D eigenvalue weighted by Crippen LogP contribution is 2.26. The topological polar surface area (TPSA) is 64.0 Å². The molecule has 2 heterocycles. The molecule has 0 saturated carbocycles. The maximum atomic E-state index is 12.8. The summed E-state index contributed by atoms with van der Waals surface area (Å²) in [5, 5.41) is 5.74. The Morgan fingerprint density at radius 1 is 1.41 bits per heavy atom. The van der Waals surface area contributed by atoms with Crippen molar-refractivity contribution in [3.8, 4) is 0 Å². The lowest BCUT2D eigenvalue weighted by Gasteiger charge is -2.17. The standard InChI is InChI=1S/C19H20ClN3O2S2/c1-4-12(3)23-18(25)17-15(7-8-26-17)22-19(23)27-10-16(24)21-14-6-5-11(2)9-13(14)20/h5-9,12H,4,10H2,1-3H3,(H,21,24)/t12-/m1/s1. The van der Waals surface area contributed by atoms with E-state index in [1.165, 1.54) is 23.1 Å². The summed E-state index contributed by atoms with van der Waals surface area (Å²) >= 11 is 8.83. The van der Waals surface area contributed by atoms with E-state index in [1.54, 1.807) is 16.7 Å². The number of amides is 1. The largest absolute Gasteiger partial charge is 0.324 e. The van der Waals surface area contributed by atoms with Gasteiger partial charge in [-0.25, -0.2) is 4.98 Å². The number of hydrogen-bond donors (Lipinski definition) is 1. The zero-order valence-electron chi connectivity index (χ0n) is 15.3. The normalized spacial score (nSPS) is 12.3. The smallest absolute Gasteiger partial charge is 0.272 e. The molecule has 0 spiro atoms. The van der Waals surface area contributed by atoms with Crippen molar-refractivity contribution < 1.29 is 4.79 Å². The number of halogens is 1. The number of fused-ring (bicyclic) bond motifs is 1. The van der Waals surface area contributed by atoms with E-state index in [1.807, 2.05) is 38.3 Å². The van der Waals surface area contributed by atoms with Gasteiger partial charge in [-0.1, -0.05) is 36.4 Å². The van der Waals surface area contributed by atoms with Crippen LogP contribution >= 0.6 is 34.7 Å². The van der Waals surface area contributed by atoms with Gasteiger partial charge in [-0.3, -0.25) is 14.2 Å². The van der Waals surface area contributed by atoms with Crippen molar-refractivity contribution in [2.24, 2.45) is 0 Å². The molecule has 1 aromatic carbocycles. The van der Waals surface area contributed by atoms with E-state index in [2.05, 4.69) is 10.3 Å². The predicted molar refractivity (Wildman–Crippen MR) is 114 cm³/mol. The molecule has 0 fully saturated rings. The fraction of sp³-hybridized carbons (Fsp3) is 0.316. The molecule has 142 valence electrons. The summed E-state index contributed by atoms with van der Waals surface area (Å²) in [5.74, 6) is -0.0518. The number of anilines is 1. The zero-order valence-corrected chi connectivity index (χ0v) is 17.7. The molecular formula is C19H20ClN3O2S2. The minimum absolute atomic E-state index is 0.00797. The number of nitrogens with one attached hydrogen (secondary N) is 1. The number of hydrogen-bond acceptors (Lipinski definition) is 5. The van der Waals surface area contributed by atoms with Gasteiger partial charge in [0.1, 0.15) is 4.70 Å². The molecule has 1 amide bonds. The Hall–Kier alpha value is -1.83. The van der Waals surface area contributed by atoms with Gasteiger partial charge >= 0.3 is 0 Å². The van der Waals surface area contributed by atoms with E-state index < -0.39 is 0 Å². The number of carbonyl (C=O) groups is 1. The number of thiophene rings is 1. The zero-order chi connectivity index (χ0) is 19.6. The molecule has 0 aliphatic carbocycles. The third-order valence-electron chi connectivity index (χ3n) is 4.24. The van der Waals surface area contributed by atoms with E-state index in [9.17, 15) is 9.59 Å². The summed E-state index contributed by atoms with van der Waals surface area (Å²) in [4.78, 5) is 29.8. The van der Waals surface area contributed by atoms with Crippen LogP contribution in [0.4, 0.5) is 5.69 Å². The Kier molecular flexibility index (Phi) is 6.24. The molecule has 5 nitrogen and oxygen atoms in total. The number of nitrogens with zero attached hydrogens (tertiary/aromatic N) is 2. The van der Waals surface area contributed by atoms with Crippen LogP contribution in [-0.4, -0.2) is 21.2 Å². The second-order valence-corrected chi connectivity index (χ2v) is 8.55. The number of aryl methyl sites for hydroxylation is 1. The Bertz CT molecular complexity index is 1050. The van der Waals surface area contributed by atoms with Crippen LogP contribution in [0.3, 0.4) is 0 Å². The van der Waals surface area contributed by atoms with Gasteiger partial charge < -0.3 is 5.32 Å². The van der Waals surface area contributed by atoms with Gasteiger partial charge in [-0.2, -0.15) is 0 Å². The van der Waals surface area contributed by atoms with E-state index >= 15 is 0 Å². The van der Waals surface area contributed by atoms with Crippen LogP contribution in [-0.2, 0) is 4.79 Å². The van der Waals surface area contributed by atoms with Gasteiger partial charge in [-0.15, -0.1) is 11.3 Å². The van der Waals surface area contributed by atoms with E-state index in [-0.39, 0.29) is 23.3 Å². The molecule has 0 unspecified atom stereocenters. The molecule has 0 aliphatic rings. The van der Waals surface area contributed by atoms with Crippen LogP contribution < -0.4 is 10.9 Å². The van der Waals surface area contributed by atoms with E-state index in [4.69, 9.17) is 11.6 Å². The number of thioether (sulfide) groups is 1. The van der Waals surface area contributed by atoms with Crippen LogP contribution in [0.5, 0.6) is 0 Å². The van der Waals surface area contributed by atoms with Crippen LogP contribution in [0.15, 0.2) is 39.6 Å². The van der Waals surface area contributed by atoms with Crippen LogP contribution in [0.2, 0.25) is 5.02 Å². The van der Waals surface area contributed by atoms with Crippen molar-refractivity contribution in [1.82, 2.24) is 9.55 Å². The van der Waals surface area contributed by atoms with Crippen molar-refractivity contribution in [2.75, 3.05) is 11.1 Å². The molecule has 27 heavy (non-hydrogen) atoms. The highest BCUT2D eigenvalue weighted by molar-refractivity contribution is 7.99. The summed E-state index contributed by atoms with van der Waals surface area (Å²) in [5.41, 5.74) is 2.23. The van der Waals surface area contributed by atoms with Crippen molar-refractivity contribution in [1.29, 1.82) is 0 Å². The lowest BCUT2D eigenvalue weighted by molar-refractivity contribution is -0.113. The first-order valence-corrected chi connectivity index (χ1v) is 10.8. The summed E-state index contributed by atoms with van der Waals surface area (Å²) < 4.78 is 2.34. The average Bonchev–Trinajstić information content (AvgIpc) is 3.11. The van der Waals surface area contributed by atoms with E-state index in [0.29, 0.717) is 26.1 Å². The molecule has 0 saturated heterocycles. The first kappa shape index (κ1) is 19.9. The Morgan fingerprint density at radius 2 is 2.19 bits per heavy atom. The molecular weight excluding hydrogens is 402 g/mol. The van der Waals surface area contributed by atoms with Crippen LogP contribution in [0.25, 0.3) is 10.2 Å². The molecule has 3 rings (SSSR count). The second-order valence-electron chi connectivity index (χ2n) is 6.28. The molecule has 3 aromatic rings. The Labute approximate surface area is 170 Å². The lowest BCUT2D eigenvalue weighted by atomic mass is 10.2. The van der Waals surface area contributed by atoms with Crippen molar-refractivity contribution in [3.63, 3.8) is 0 Å². The summed E-state index contributed by atoms with van der Waals surface area (Å²) in [6.07, 6.45) is 0.803. The lowest BCUT2D eigenvalue weighted by Crippen LogP contribution is -2.26. The first-order chi connectivity index (χ1) is 12.9. The van der Waals surface area contributed by atoms with Gasteiger partial charge in [0.05, 0.1) is 22.0 Å². The molecule has 0 bridgehead atoms. The van der Waals surface area contributed by atoms with Crippen LogP contribution in [0.1, 0.15) is 31.9 Å². The maximum Gasteiger partial charge on any atom is 0.272 e. The molecule has 8 heteroatoms. The van der Waals surface area contributed by atoms with Gasteiger partial charge in [0.25, 0.3) is 5.56 Å². The first-order valence-electron chi connectivity index (χ1n) is 8.59.